The van der Waals surface area contributed by atoms with Gasteiger partial charge >= 0.3 is 29.2 Å². The maximum atomic E-state index is 13.5. The van der Waals surface area contributed by atoms with Crippen molar-refractivity contribution in [2.24, 2.45) is 0 Å². The number of halogens is 1. The van der Waals surface area contributed by atoms with Crippen LogP contribution < -0.4 is 11.4 Å². The summed E-state index contributed by atoms with van der Waals surface area (Å²) in [5.41, 5.74) is 4.27. The summed E-state index contributed by atoms with van der Waals surface area (Å²) in [7, 11) is -16.4. The molecular weight excluding hydrogens is 454 g/mol. The zero-order valence-electron chi connectivity index (χ0n) is 13.6. The number of nitrogens with two attached hydrogens (primary N) is 1. The minimum atomic E-state index is -5.62. The number of ether oxygens (including phenoxy) is 1. The van der Waals surface area contributed by atoms with Crippen LogP contribution in [0.2, 0.25) is 0 Å². The zero-order valence-corrected chi connectivity index (χ0v) is 16.3. The van der Waals surface area contributed by atoms with Gasteiger partial charge in [0, 0.05) is 0 Å². The largest absolute Gasteiger partial charge is 0.490 e. The van der Waals surface area contributed by atoms with Crippen LogP contribution in [0.15, 0.2) is 11.0 Å². The first kappa shape index (κ1) is 23.3. The van der Waals surface area contributed by atoms with Crippen LogP contribution in [-0.2, 0) is 31.6 Å². The number of nitrogens with zero attached hydrogens (tertiary/aromatic N) is 2. The lowest BCUT2D eigenvalue weighted by Gasteiger charge is -2.18. The molecule has 0 saturated carbocycles. The third kappa shape index (κ3) is 6.79. The minimum Gasteiger partial charge on any atom is -0.381 e. The molecular formula is C9H15FN3O12P3. The summed E-state index contributed by atoms with van der Waals surface area (Å²) >= 11 is 0. The smallest absolute Gasteiger partial charge is 0.381 e. The van der Waals surface area contributed by atoms with E-state index < -0.39 is 59.7 Å². The molecule has 15 nitrogen and oxygen atoms in total. The Kier molecular flexibility index (Phi) is 6.96. The molecule has 28 heavy (non-hydrogen) atoms. The van der Waals surface area contributed by atoms with Crippen LogP contribution in [0.3, 0.4) is 0 Å². The fourth-order valence-corrected chi connectivity index (χ4v) is 5.21. The van der Waals surface area contributed by atoms with Gasteiger partial charge in [-0.1, -0.05) is 0 Å². The lowest BCUT2D eigenvalue weighted by molar-refractivity contribution is -0.0246. The molecule has 1 aromatic rings. The summed E-state index contributed by atoms with van der Waals surface area (Å²) in [6.07, 6.45) is -0.791. The van der Waals surface area contributed by atoms with E-state index in [9.17, 15) is 27.8 Å². The van der Waals surface area contributed by atoms with Crippen molar-refractivity contribution in [2.45, 2.75) is 25.2 Å². The second-order valence-corrected chi connectivity index (χ2v) is 9.76. The Labute approximate surface area is 155 Å². The van der Waals surface area contributed by atoms with Gasteiger partial charge in [-0.15, -0.1) is 0 Å². The number of aromatic nitrogens is 2. The molecule has 1 aromatic heterocycles. The van der Waals surface area contributed by atoms with Crippen molar-refractivity contribution < 1.29 is 55.5 Å². The fraction of sp³-hybridized carbons (Fsp3) is 0.556. The second kappa shape index (κ2) is 8.38. The monoisotopic (exact) mass is 469 g/mol. The number of hydrogen-bond acceptors (Lipinski definition) is 10. The van der Waals surface area contributed by atoms with Crippen molar-refractivity contribution in [1.82, 2.24) is 9.55 Å². The molecule has 1 aliphatic heterocycles. The Balaban J connectivity index is 1.95. The summed E-state index contributed by atoms with van der Waals surface area (Å²) in [6.45, 7) is -0.681. The van der Waals surface area contributed by atoms with Crippen LogP contribution in [0.1, 0.15) is 19.1 Å². The average Bonchev–Trinajstić information content (AvgIpc) is 2.94. The quantitative estimate of drug-likeness (QED) is 0.315. The Morgan fingerprint density at radius 2 is 1.86 bits per heavy atom. The van der Waals surface area contributed by atoms with Gasteiger partial charge < -0.3 is 30.0 Å². The normalized spacial score (nSPS) is 24.6. The fourth-order valence-electron chi connectivity index (χ4n) is 2.16. The number of rotatable bonds is 8. The van der Waals surface area contributed by atoms with Crippen molar-refractivity contribution in [3.8, 4) is 0 Å². The highest BCUT2D eigenvalue weighted by Gasteiger charge is 2.41. The lowest BCUT2D eigenvalue weighted by Crippen LogP contribution is -2.29. The van der Waals surface area contributed by atoms with Gasteiger partial charge in [-0.2, -0.15) is 13.6 Å². The van der Waals surface area contributed by atoms with E-state index in [0.717, 1.165) is 10.8 Å². The van der Waals surface area contributed by atoms with Gasteiger partial charge in [0.25, 0.3) is 0 Å². The molecule has 19 heteroatoms. The Morgan fingerprint density at radius 3 is 2.46 bits per heavy atom. The summed E-state index contributed by atoms with van der Waals surface area (Å²) in [5, 5.41) is 0. The van der Waals surface area contributed by atoms with E-state index in [2.05, 4.69) is 18.1 Å². The molecule has 1 aliphatic rings. The van der Waals surface area contributed by atoms with Gasteiger partial charge in [-0.05, 0) is 12.8 Å². The summed E-state index contributed by atoms with van der Waals surface area (Å²) in [6, 6.07) is 0. The predicted molar refractivity (Wildman–Crippen MR) is 85.8 cm³/mol. The maximum Gasteiger partial charge on any atom is 0.490 e. The third-order valence-corrected chi connectivity index (χ3v) is 6.97. The minimum absolute atomic E-state index is 0.162. The van der Waals surface area contributed by atoms with Crippen LogP contribution in [-0.4, -0.2) is 41.8 Å². The van der Waals surface area contributed by atoms with Crippen LogP contribution in [0.5, 0.6) is 0 Å². The molecule has 160 valence electrons. The molecule has 4 atom stereocenters. The second-order valence-electron chi connectivity index (χ2n) is 5.34. The van der Waals surface area contributed by atoms with Gasteiger partial charge in [0.2, 0.25) is 0 Å². The Hall–Kier alpha value is -1.02. The van der Waals surface area contributed by atoms with E-state index >= 15 is 0 Å². The zero-order chi connectivity index (χ0) is 21.3. The highest BCUT2D eigenvalue weighted by molar-refractivity contribution is 7.66. The average molecular weight is 469 g/mol. The SMILES string of the molecule is Nc1nc(=O)n([C@H]2CC[C@@H](COP(=O)(O)OP(=O)(O)OP(=O)(O)O)O2)cc1F. The van der Waals surface area contributed by atoms with Crippen molar-refractivity contribution in [2.75, 3.05) is 12.3 Å². The van der Waals surface area contributed by atoms with E-state index in [1.54, 1.807) is 0 Å². The lowest BCUT2D eigenvalue weighted by atomic mass is 10.2. The van der Waals surface area contributed by atoms with E-state index in [4.69, 9.17) is 25.2 Å². The highest BCUT2D eigenvalue weighted by atomic mass is 31.3. The van der Waals surface area contributed by atoms with Gasteiger partial charge in [-0.25, -0.2) is 22.9 Å². The number of nitrogen functional groups attached to an aromatic ring is 1. The molecule has 6 N–H and O–H groups in total. The van der Waals surface area contributed by atoms with Crippen LogP contribution >= 0.6 is 23.5 Å². The van der Waals surface area contributed by atoms with Gasteiger partial charge in [-0.3, -0.25) is 9.09 Å². The number of phosphoric ester groups is 1. The molecule has 1 saturated heterocycles. The van der Waals surface area contributed by atoms with Crippen molar-refractivity contribution in [3.63, 3.8) is 0 Å². The predicted octanol–water partition coefficient (Wildman–Crippen LogP) is -0.0145. The van der Waals surface area contributed by atoms with Crippen LogP contribution in [0.25, 0.3) is 0 Å². The van der Waals surface area contributed by atoms with Crippen LogP contribution in [0, 0.1) is 5.82 Å². The van der Waals surface area contributed by atoms with Crippen molar-refractivity contribution in [1.29, 1.82) is 0 Å². The molecule has 0 radical (unpaired) electrons. The number of hydrogen-bond donors (Lipinski definition) is 5. The van der Waals surface area contributed by atoms with Crippen molar-refractivity contribution >= 4 is 29.3 Å². The van der Waals surface area contributed by atoms with E-state index in [1.807, 2.05) is 0 Å². The molecule has 0 aromatic carbocycles. The van der Waals surface area contributed by atoms with E-state index in [1.165, 1.54) is 0 Å². The molecule has 0 bridgehead atoms. The topological polar surface area (TPSA) is 230 Å². The Bertz CT molecular complexity index is 933. The summed E-state index contributed by atoms with van der Waals surface area (Å²) in [4.78, 5) is 50.2. The standard InChI is InChI=1S/C9H15FN3O12P3/c10-6-3-13(9(14)12-8(6)11)7-2-1-5(23-7)4-22-27(18,19)25-28(20,21)24-26(15,16)17/h3,5,7H,1-2,4H2,(H,18,19)(H,20,21)(H2,11,12,14)(H2,15,16,17)/t5-,7+/m0/s1. The molecule has 0 amide bonds. The summed E-state index contributed by atoms with van der Waals surface area (Å²) in [5.74, 6) is -1.55. The summed E-state index contributed by atoms with van der Waals surface area (Å²) < 4.78 is 64.5. The first-order valence-corrected chi connectivity index (χ1v) is 11.7. The van der Waals surface area contributed by atoms with Crippen LogP contribution in [0.4, 0.5) is 10.2 Å². The number of anilines is 1. The molecule has 2 heterocycles. The number of phosphoric acid groups is 3. The van der Waals surface area contributed by atoms with Gasteiger partial charge in [0.15, 0.2) is 11.6 Å². The Morgan fingerprint density at radius 1 is 1.21 bits per heavy atom. The molecule has 2 unspecified atom stereocenters. The van der Waals surface area contributed by atoms with E-state index in [0.29, 0.717) is 0 Å². The molecule has 2 rings (SSSR count). The highest BCUT2D eigenvalue weighted by Crippen LogP contribution is 2.66. The molecule has 1 fully saturated rings. The first-order chi connectivity index (χ1) is 12.7. The van der Waals surface area contributed by atoms with Gasteiger partial charge in [0.1, 0.15) is 6.23 Å². The van der Waals surface area contributed by atoms with E-state index in [-0.39, 0.29) is 12.8 Å². The van der Waals surface area contributed by atoms with Crippen molar-refractivity contribution in [3.05, 3.63) is 22.5 Å². The third-order valence-electron chi connectivity index (χ3n) is 3.17. The van der Waals surface area contributed by atoms with Gasteiger partial charge in [0.05, 0.1) is 18.9 Å². The molecule has 0 aliphatic carbocycles. The maximum absolute atomic E-state index is 13.5. The molecule has 0 spiro atoms. The first-order valence-electron chi connectivity index (χ1n) is 7.15.